The number of esters is 1. The maximum absolute atomic E-state index is 13.4. The van der Waals surface area contributed by atoms with Gasteiger partial charge >= 0.3 is 5.97 Å². The zero-order chi connectivity index (χ0) is 28.7. The van der Waals surface area contributed by atoms with Gasteiger partial charge in [-0.2, -0.15) is 0 Å². The summed E-state index contributed by atoms with van der Waals surface area (Å²) >= 11 is 2.69. The lowest BCUT2D eigenvalue weighted by molar-refractivity contribution is -0.167. The van der Waals surface area contributed by atoms with Gasteiger partial charge < -0.3 is 19.5 Å². The minimum atomic E-state index is -1.80. The van der Waals surface area contributed by atoms with Crippen LogP contribution in [0.3, 0.4) is 0 Å². The SMILES string of the molecule is O=Cc1cc2nnn(CCCN3CCC4(CC3)C[C@@H](OC(=O)C(O)(c3cccs3)c3cccs3)CO4)c2c2c1CCC2. The van der Waals surface area contributed by atoms with Crippen LogP contribution in [0.2, 0.25) is 0 Å². The monoisotopic (exact) mass is 606 g/mol. The van der Waals surface area contributed by atoms with E-state index in [0.717, 1.165) is 87.6 Å². The van der Waals surface area contributed by atoms with Crippen molar-refractivity contribution in [2.75, 3.05) is 26.2 Å². The number of likely N-dealkylation sites (tertiary alicyclic amines) is 1. The van der Waals surface area contributed by atoms with E-state index in [2.05, 4.69) is 15.2 Å². The van der Waals surface area contributed by atoms with E-state index < -0.39 is 11.6 Å². The highest BCUT2D eigenvalue weighted by Crippen LogP contribution is 2.41. The molecule has 1 atom stereocenters. The Morgan fingerprint density at radius 2 is 1.88 bits per heavy atom. The van der Waals surface area contributed by atoms with Crippen LogP contribution >= 0.6 is 22.7 Å². The van der Waals surface area contributed by atoms with Crippen LogP contribution in [0, 0.1) is 0 Å². The Labute approximate surface area is 252 Å². The van der Waals surface area contributed by atoms with Gasteiger partial charge in [-0.25, -0.2) is 9.48 Å². The van der Waals surface area contributed by atoms with Crippen molar-refractivity contribution in [3.05, 3.63) is 67.5 Å². The summed E-state index contributed by atoms with van der Waals surface area (Å²) in [6.07, 6.45) is 6.95. The molecule has 9 nitrogen and oxygen atoms in total. The van der Waals surface area contributed by atoms with Crippen LogP contribution in [-0.4, -0.2) is 75.2 Å². The molecule has 2 aliphatic heterocycles. The second kappa shape index (κ2) is 11.3. The maximum Gasteiger partial charge on any atom is 0.349 e. The number of fused-ring (bicyclic) bond motifs is 3. The lowest BCUT2D eigenvalue weighted by atomic mass is 9.88. The number of aliphatic hydroxyl groups is 1. The summed E-state index contributed by atoms with van der Waals surface area (Å²) in [5.74, 6) is -0.635. The predicted molar refractivity (Wildman–Crippen MR) is 160 cm³/mol. The van der Waals surface area contributed by atoms with Crippen molar-refractivity contribution in [2.24, 2.45) is 0 Å². The fourth-order valence-corrected chi connectivity index (χ4v) is 8.65. The largest absolute Gasteiger partial charge is 0.457 e. The van der Waals surface area contributed by atoms with Crippen LogP contribution in [0.15, 0.2) is 41.1 Å². The van der Waals surface area contributed by atoms with Gasteiger partial charge in [0.1, 0.15) is 17.9 Å². The number of hydrogen-bond acceptors (Lipinski definition) is 10. The summed E-state index contributed by atoms with van der Waals surface area (Å²) in [4.78, 5) is 28.5. The third kappa shape index (κ3) is 4.90. The summed E-state index contributed by atoms with van der Waals surface area (Å²) in [7, 11) is 0. The fourth-order valence-electron chi connectivity index (χ4n) is 6.94. The number of aromatic nitrogens is 3. The Balaban J connectivity index is 0.929. The molecular formula is C31H34N4O5S2. The van der Waals surface area contributed by atoms with E-state index in [1.54, 1.807) is 12.1 Å². The van der Waals surface area contributed by atoms with Crippen LogP contribution < -0.4 is 0 Å². The highest BCUT2D eigenvalue weighted by molar-refractivity contribution is 7.12. The lowest BCUT2D eigenvalue weighted by Gasteiger charge is -2.38. The Kier molecular flexibility index (Phi) is 7.47. The quantitative estimate of drug-likeness (QED) is 0.222. The molecule has 5 heterocycles. The second-order valence-corrected chi connectivity index (χ2v) is 13.6. The molecule has 0 bridgehead atoms. The number of aldehydes is 1. The molecule has 11 heteroatoms. The Hall–Kier alpha value is -2.96. The van der Waals surface area contributed by atoms with Crippen molar-refractivity contribution in [3.63, 3.8) is 0 Å². The molecule has 3 aliphatic rings. The molecule has 1 aromatic carbocycles. The van der Waals surface area contributed by atoms with Gasteiger partial charge in [-0.1, -0.05) is 17.3 Å². The summed E-state index contributed by atoms with van der Waals surface area (Å²) < 4.78 is 14.2. The highest BCUT2D eigenvalue weighted by atomic mass is 32.1. The van der Waals surface area contributed by atoms with Gasteiger partial charge in [-0.3, -0.25) is 4.79 Å². The standard InChI is InChI=1S/C31H34N4O5S2/c36-19-21-17-25-28(24-6-1-5-23(21)24)35(33-32-25)12-4-11-34-13-9-30(10-14-34)18-22(20-39-30)40-29(37)31(38,26-7-2-15-41-26)27-8-3-16-42-27/h2-3,7-8,15-17,19,22,38H,1,4-6,9-14,18,20H2/t22-/m1/s1. The number of piperidine rings is 1. The Morgan fingerprint density at radius 3 is 2.57 bits per heavy atom. The molecule has 1 spiro atoms. The van der Waals surface area contributed by atoms with Crippen molar-refractivity contribution >= 4 is 46.0 Å². The van der Waals surface area contributed by atoms with E-state index in [4.69, 9.17) is 9.47 Å². The average molecular weight is 607 g/mol. The van der Waals surface area contributed by atoms with Gasteiger partial charge in [0.15, 0.2) is 0 Å². The number of rotatable bonds is 9. The van der Waals surface area contributed by atoms with Crippen molar-refractivity contribution in [3.8, 4) is 0 Å². The maximum atomic E-state index is 13.4. The van der Waals surface area contributed by atoms with Gasteiger partial charge in [0, 0.05) is 31.6 Å². The topological polar surface area (TPSA) is 107 Å². The number of nitrogens with zero attached hydrogens (tertiary/aromatic N) is 4. The van der Waals surface area contributed by atoms with Gasteiger partial charge in [-0.05, 0) is 85.2 Å². The van der Waals surface area contributed by atoms with Crippen LogP contribution in [0.1, 0.15) is 63.3 Å². The number of carbonyl (C=O) groups is 2. The van der Waals surface area contributed by atoms with E-state index in [9.17, 15) is 14.7 Å². The first-order valence-corrected chi connectivity index (χ1v) is 16.5. The van der Waals surface area contributed by atoms with E-state index >= 15 is 0 Å². The number of thiophene rings is 2. The number of aryl methyl sites for hydroxylation is 2. The molecule has 0 unspecified atom stereocenters. The number of hydrogen-bond donors (Lipinski definition) is 1. The molecule has 2 fully saturated rings. The highest BCUT2D eigenvalue weighted by Gasteiger charge is 2.48. The van der Waals surface area contributed by atoms with Gasteiger partial charge in [0.2, 0.25) is 5.60 Å². The molecule has 3 aromatic heterocycles. The van der Waals surface area contributed by atoms with E-state index in [0.29, 0.717) is 22.8 Å². The summed E-state index contributed by atoms with van der Waals surface area (Å²) in [5, 5.41) is 24.0. The second-order valence-electron chi connectivity index (χ2n) is 11.7. The molecule has 1 N–H and O–H groups in total. The van der Waals surface area contributed by atoms with E-state index in [-0.39, 0.29) is 11.7 Å². The normalized spacial score (nSPS) is 20.4. The molecule has 0 saturated carbocycles. The summed E-state index contributed by atoms with van der Waals surface area (Å²) in [6.45, 7) is 3.94. The van der Waals surface area contributed by atoms with Gasteiger partial charge in [-0.15, -0.1) is 27.8 Å². The molecular weight excluding hydrogens is 572 g/mol. The smallest absolute Gasteiger partial charge is 0.349 e. The van der Waals surface area contributed by atoms with Crippen molar-refractivity contribution in [1.82, 2.24) is 19.9 Å². The van der Waals surface area contributed by atoms with Crippen LogP contribution in [0.25, 0.3) is 11.0 Å². The molecule has 0 amide bonds. The van der Waals surface area contributed by atoms with Crippen LogP contribution in [0.5, 0.6) is 0 Å². The van der Waals surface area contributed by atoms with E-state index in [1.807, 2.05) is 33.6 Å². The minimum absolute atomic E-state index is 0.287. The first-order chi connectivity index (χ1) is 20.5. The first-order valence-electron chi connectivity index (χ1n) is 14.7. The third-order valence-corrected chi connectivity index (χ3v) is 11.1. The predicted octanol–water partition coefficient (Wildman–Crippen LogP) is 4.35. The zero-order valence-electron chi connectivity index (χ0n) is 23.4. The fraction of sp³-hybridized carbons (Fsp3) is 0.484. The van der Waals surface area contributed by atoms with Crippen LogP contribution in [-0.2, 0) is 39.3 Å². The van der Waals surface area contributed by atoms with Gasteiger partial charge in [0.25, 0.3) is 0 Å². The number of ether oxygens (including phenoxy) is 2. The number of benzene rings is 1. The van der Waals surface area contributed by atoms with E-state index in [1.165, 1.54) is 33.8 Å². The summed E-state index contributed by atoms with van der Waals surface area (Å²) in [5.41, 5.74) is 3.00. The lowest BCUT2D eigenvalue weighted by Crippen LogP contribution is -2.45. The third-order valence-electron chi connectivity index (χ3n) is 9.14. The van der Waals surface area contributed by atoms with Crippen molar-refractivity contribution in [2.45, 2.75) is 68.8 Å². The summed E-state index contributed by atoms with van der Waals surface area (Å²) in [6, 6.07) is 9.09. The molecule has 7 rings (SSSR count). The molecule has 220 valence electrons. The minimum Gasteiger partial charge on any atom is -0.457 e. The van der Waals surface area contributed by atoms with Crippen molar-refractivity contribution < 1.29 is 24.2 Å². The number of carbonyl (C=O) groups excluding carboxylic acids is 2. The van der Waals surface area contributed by atoms with Gasteiger partial charge in [0.05, 0.1) is 27.5 Å². The zero-order valence-corrected chi connectivity index (χ0v) is 25.0. The molecule has 42 heavy (non-hydrogen) atoms. The molecule has 2 saturated heterocycles. The van der Waals surface area contributed by atoms with Crippen LogP contribution in [0.4, 0.5) is 0 Å². The Morgan fingerprint density at radius 1 is 1.14 bits per heavy atom. The Bertz CT molecular complexity index is 1540. The molecule has 1 aliphatic carbocycles. The average Bonchev–Trinajstić information content (AvgIpc) is 3.84. The first kappa shape index (κ1) is 27.8. The van der Waals surface area contributed by atoms with Crippen molar-refractivity contribution in [1.29, 1.82) is 0 Å². The molecule has 4 aromatic rings. The molecule has 0 radical (unpaired) electrons.